The SMILES string of the molecule is c1cc(CNC2CCCc3occc32)c2cc[nH]c2c1. The number of aromatic amines is 1. The lowest BCUT2D eigenvalue weighted by molar-refractivity contribution is 0.411. The van der Waals surface area contributed by atoms with Gasteiger partial charge in [-0.3, -0.25) is 0 Å². The van der Waals surface area contributed by atoms with Crippen molar-refractivity contribution in [2.75, 3.05) is 0 Å². The van der Waals surface area contributed by atoms with E-state index in [0.29, 0.717) is 6.04 Å². The summed E-state index contributed by atoms with van der Waals surface area (Å²) in [4.78, 5) is 3.27. The maximum Gasteiger partial charge on any atom is 0.108 e. The summed E-state index contributed by atoms with van der Waals surface area (Å²) in [6.07, 6.45) is 7.29. The van der Waals surface area contributed by atoms with Crippen molar-refractivity contribution >= 4 is 10.9 Å². The molecule has 0 bridgehead atoms. The molecule has 0 radical (unpaired) electrons. The molecule has 3 aromatic rings. The Morgan fingerprint density at radius 3 is 3.25 bits per heavy atom. The second kappa shape index (κ2) is 4.84. The lowest BCUT2D eigenvalue weighted by atomic mass is 9.93. The van der Waals surface area contributed by atoms with Crippen molar-refractivity contribution in [3.05, 3.63) is 59.7 Å². The quantitative estimate of drug-likeness (QED) is 0.754. The fourth-order valence-corrected chi connectivity index (χ4v) is 3.24. The van der Waals surface area contributed by atoms with Crippen molar-refractivity contribution in [2.24, 2.45) is 0 Å². The molecule has 0 aliphatic heterocycles. The fourth-order valence-electron chi connectivity index (χ4n) is 3.24. The molecule has 2 aromatic heterocycles. The van der Waals surface area contributed by atoms with Gasteiger partial charge in [0.15, 0.2) is 0 Å². The zero-order valence-electron chi connectivity index (χ0n) is 11.4. The van der Waals surface area contributed by atoms with Crippen LogP contribution in [-0.4, -0.2) is 4.98 Å². The molecule has 1 atom stereocenters. The van der Waals surface area contributed by atoms with Gasteiger partial charge in [0.05, 0.1) is 6.26 Å². The molecule has 1 unspecified atom stereocenters. The minimum Gasteiger partial charge on any atom is -0.469 e. The summed E-state index contributed by atoms with van der Waals surface area (Å²) >= 11 is 0. The number of aryl methyl sites for hydroxylation is 1. The monoisotopic (exact) mass is 266 g/mol. The van der Waals surface area contributed by atoms with Crippen LogP contribution in [0.15, 0.2) is 47.2 Å². The topological polar surface area (TPSA) is 41.0 Å². The van der Waals surface area contributed by atoms with Crippen LogP contribution < -0.4 is 5.32 Å². The molecule has 3 nitrogen and oxygen atoms in total. The molecule has 0 saturated carbocycles. The zero-order chi connectivity index (χ0) is 13.4. The number of fused-ring (bicyclic) bond motifs is 2. The molecular formula is C17H18N2O. The Morgan fingerprint density at radius 2 is 2.25 bits per heavy atom. The highest BCUT2D eigenvalue weighted by Gasteiger charge is 2.22. The summed E-state index contributed by atoms with van der Waals surface area (Å²) in [5.74, 6) is 1.16. The standard InChI is InChI=1S/C17H18N2O/c1-3-12(13-7-9-18-15(13)4-1)11-19-16-5-2-6-17-14(16)8-10-20-17/h1,3-4,7-10,16,18-19H,2,5-6,11H2. The van der Waals surface area contributed by atoms with E-state index >= 15 is 0 Å². The first-order valence-corrected chi connectivity index (χ1v) is 7.26. The molecule has 1 aromatic carbocycles. The number of benzene rings is 1. The maximum absolute atomic E-state index is 5.55. The lowest BCUT2D eigenvalue weighted by Crippen LogP contribution is -2.24. The lowest BCUT2D eigenvalue weighted by Gasteiger charge is -2.23. The van der Waals surface area contributed by atoms with E-state index in [1.165, 1.54) is 34.9 Å². The van der Waals surface area contributed by atoms with E-state index in [9.17, 15) is 0 Å². The third kappa shape index (κ3) is 1.95. The van der Waals surface area contributed by atoms with Crippen LogP contribution in [0.25, 0.3) is 10.9 Å². The normalized spacial score (nSPS) is 18.3. The summed E-state index contributed by atoms with van der Waals surface area (Å²) in [5.41, 5.74) is 3.90. The van der Waals surface area contributed by atoms with Gasteiger partial charge in [-0.05, 0) is 36.6 Å². The van der Waals surface area contributed by atoms with E-state index in [4.69, 9.17) is 4.42 Å². The van der Waals surface area contributed by atoms with E-state index in [-0.39, 0.29) is 0 Å². The van der Waals surface area contributed by atoms with E-state index in [1.54, 1.807) is 0 Å². The Labute approximate surface area is 118 Å². The van der Waals surface area contributed by atoms with Crippen LogP contribution in [0.3, 0.4) is 0 Å². The Bertz CT molecular complexity index is 725. The molecule has 20 heavy (non-hydrogen) atoms. The summed E-state index contributed by atoms with van der Waals surface area (Å²) in [7, 11) is 0. The maximum atomic E-state index is 5.55. The molecule has 3 heteroatoms. The van der Waals surface area contributed by atoms with Gasteiger partial charge in [0.1, 0.15) is 5.76 Å². The van der Waals surface area contributed by atoms with Crippen molar-refractivity contribution in [2.45, 2.75) is 31.8 Å². The first-order chi connectivity index (χ1) is 9.92. The van der Waals surface area contributed by atoms with Gasteiger partial charge in [0.25, 0.3) is 0 Å². The third-order valence-corrected chi connectivity index (χ3v) is 4.28. The van der Waals surface area contributed by atoms with Crippen LogP contribution in [0.5, 0.6) is 0 Å². The molecule has 1 aliphatic carbocycles. The molecule has 0 spiro atoms. The first kappa shape index (κ1) is 11.8. The van der Waals surface area contributed by atoms with E-state index < -0.39 is 0 Å². The number of hydrogen-bond acceptors (Lipinski definition) is 2. The Kier molecular flexibility index (Phi) is 2.85. The molecule has 0 amide bonds. The second-order valence-electron chi connectivity index (χ2n) is 5.48. The predicted octanol–water partition coefficient (Wildman–Crippen LogP) is 3.93. The second-order valence-corrected chi connectivity index (χ2v) is 5.48. The van der Waals surface area contributed by atoms with Crippen molar-refractivity contribution in [3.8, 4) is 0 Å². The highest BCUT2D eigenvalue weighted by Crippen LogP contribution is 2.31. The van der Waals surface area contributed by atoms with Crippen LogP contribution in [0, 0.1) is 0 Å². The Morgan fingerprint density at radius 1 is 1.25 bits per heavy atom. The van der Waals surface area contributed by atoms with E-state index in [2.05, 4.69) is 40.6 Å². The van der Waals surface area contributed by atoms with Gasteiger partial charge in [-0.25, -0.2) is 0 Å². The van der Waals surface area contributed by atoms with Crippen LogP contribution in [0.2, 0.25) is 0 Å². The summed E-state index contributed by atoms with van der Waals surface area (Å²) in [6.45, 7) is 0.893. The summed E-state index contributed by atoms with van der Waals surface area (Å²) < 4.78 is 5.55. The van der Waals surface area contributed by atoms with Crippen LogP contribution >= 0.6 is 0 Å². The molecule has 2 heterocycles. The van der Waals surface area contributed by atoms with Gasteiger partial charge in [-0.2, -0.15) is 0 Å². The number of aromatic nitrogens is 1. The van der Waals surface area contributed by atoms with Crippen LogP contribution in [-0.2, 0) is 13.0 Å². The van der Waals surface area contributed by atoms with Gasteiger partial charge < -0.3 is 14.7 Å². The highest BCUT2D eigenvalue weighted by atomic mass is 16.3. The van der Waals surface area contributed by atoms with Gasteiger partial charge in [0, 0.05) is 41.7 Å². The number of H-pyrrole nitrogens is 1. The van der Waals surface area contributed by atoms with Crippen LogP contribution in [0.1, 0.15) is 35.8 Å². The van der Waals surface area contributed by atoms with Crippen molar-refractivity contribution in [1.29, 1.82) is 0 Å². The summed E-state index contributed by atoms with van der Waals surface area (Å²) in [6, 6.07) is 11.1. The molecule has 102 valence electrons. The Balaban J connectivity index is 1.56. The average molecular weight is 266 g/mol. The first-order valence-electron chi connectivity index (χ1n) is 7.26. The number of rotatable bonds is 3. The van der Waals surface area contributed by atoms with Gasteiger partial charge in [-0.1, -0.05) is 12.1 Å². The Hall–Kier alpha value is -2.00. The number of hydrogen-bond donors (Lipinski definition) is 2. The average Bonchev–Trinajstić information content (AvgIpc) is 3.13. The van der Waals surface area contributed by atoms with Crippen molar-refractivity contribution in [3.63, 3.8) is 0 Å². The third-order valence-electron chi connectivity index (χ3n) is 4.28. The zero-order valence-corrected chi connectivity index (χ0v) is 11.4. The molecule has 2 N–H and O–H groups in total. The smallest absolute Gasteiger partial charge is 0.108 e. The molecular weight excluding hydrogens is 248 g/mol. The highest BCUT2D eigenvalue weighted by molar-refractivity contribution is 5.82. The van der Waals surface area contributed by atoms with E-state index in [0.717, 1.165) is 18.7 Å². The fraction of sp³-hybridized carbons (Fsp3) is 0.294. The molecule has 4 rings (SSSR count). The number of nitrogens with one attached hydrogen (secondary N) is 2. The van der Waals surface area contributed by atoms with Gasteiger partial charge in [-0.15, -0.1) is 0 Å². The number of furan rings is 1. The predicted molar refractivity (Wildman–Crippen MR) is 79.5 cm³/mol. The molecule has 0 saturated heterocycles. The van der Waals surface area contributed by atoms with Crippen molar-refractivity contribution in [1.82, 2.24) is 10.3 Å². The largest absolute Gasteiger partial charge is 0.469 e. The van der Waals surface area contributed by atoms with Crippen LogP contribution in [0.4, 0.5) is 0 Å². The molecule has 1 aliphatic rings. The van der Waals surface area contributed by atoms with Gasteiger partial charge >= 0.3 is 0 Å². The minimum absolute atomic E-state index is 0.423. The minimum atomic E-state index is 0.423. The van der Waals surface area contributed by atoms with Gasteiger partial charge in [0.2, 0.25) is 0 Å². The summed E-state index contributed by atoms with van der Waals surface area (Å²) in [5, 5.41) is 5.00. The molecule has 0 fully saturated rings. The van der Waals surface area contributed by atoms with Crippen molar-refractivity contribution < 1.29 is 4.42 Å². The van der Waals surface area contributed by atoms with E-state index in [1.807, 2.05) is 12.5 Å².